The van der Waals surface area contributed by atoms with Crippen molar-refractivity contribution in [2.75, 3.05) is 24.6 Å². The summed E-state index contributed by atoms with van der Waals surface area (Å²) in [6, 6.07) is 0. The van der Waals surface area contributed by atoms with Crippen molar-refractivity contribution in [1.82, 2.24) is 5.32 Å². The third kappa shape index (κ3) is 2.03. The Labute approximate surface area is 52.8 Å². The Balaban J connectivity index is 2.17. The Morgan fingerprint density at radius 2 is 2.12 bits per heavy atom. The van der Waals surface area contributed by atoms with E-state index in [0.29, 0.717) is 0 Å². The van der Waals surface area contributed by atoms with Crippen molar-refractivity contribution in [3.8, 4) is 0 Å². The molecule has 1 rings (SSSR count). The average Bonchev–Trinajstić information content (AvgIpc) is 1.94. The number of nitrogens with one attached hydrogen (secondary N) is 1. The summed E-state index contributed by atoms with van der Waals surface area (Å²) in [5, 5.41) is 3.18. The SMILES string of the molecule is [O-][S+]1CCCNCC1. The molecule has 0 radical (unpaired) electrons. The molecule has 1 unspecified atom stereocenters. The molecule has 3 heteroatoms. The topological polar surface area (TPSA) is 35.1 Å². The van der Waals surface area contributed by atoms with Gasteiger partial charge in [-0.3, -0.25) is 0 Å². The van der Waals surface area contributed by atoms with Gasteiger partial charge in [0.25, 0.3) is 0 Å². The molecule has 0 bridgehead atoms. The van der Waals surface area contributed by atoms with Gasteiger partial charge < -0.3 is 9.87 Å². The lowest BCUT2D eigenvalue weighted by Crippen LogP contribution is -2.18. The Hall–Kier alpha value is 0.270. The van der Waals surface area contributed by atoms with E-state index in [-0.39, 0.29) is 0 Å². The predicted molar refractivity (Wildman–Crippen MR) is 35.4 cm³/mol. The van der Waals surface area contributed by atoms with Crippen LogP contribution in [0, 0.1) is 0 Å². The van der Waals surface area contributed by atoms with Crippen molar-refractivity contribution < 1.29 is 4.55 Å². The van der Waals surface area contributed by atoms with Crippen molar-refractivity contribution in [2.45, 2.75) is 6.42 Å². The predicted octanol–water partition coefficient (Wildman–Crippen LogP) is -0.272. The highest BCUT2D eigenvalue weighted by Gasteiger charge is 2.07. The summed E-state index contributed by atoms with van der Waals surface area (Å²) in [5.41, 5.74) is 0. The fourth-order valence-electron chi connectivity index (χ4n) is 0.771. The Kier molecular flexibility index (Phi) is 2.66. The average molecular weight is 133 g/mol. The fraction of sp³-hybridized carbons (Fsp3) is 1.00. The summed E-state index contributed by atoms with van der Waals surface area (Å²) in [6.45, 7) is 1.98. The zero-order chi connectivity index (χ0) is 5.82. The van der Waals surface area contributed by atoms with Crippen molar-refractivity contribution in [1.29, 1.82) is 0 Å². The lowest BCUT2D eigenvalue weighted by molar-refractivity contribution is 0.595. The van der Waals surface area contributed by atoms with E-state index >= 15 is 0 Å². The molecule has 8 heavy (non-hydrogen) atoms. The van der Waals surface area contributed by atoms with Crippen LogP contribution in [0.4, 0.5) is 0 Å². The van der Waals surface area contributed by atoms with E-state index in [1.165, 1.54) is 0 Å². The molecule has 0 spiro atoms. The van der Waals surface area contributed by atoms with Crippen LogP contribution in [-0.4, -0.2) is 29.1 Å². The van der Waals surface area contributed by atoms with Gasteiger partial charge in [-0.1, -0.05) is 11.2 Å². The minimum atomic E-state index is -0.520. The van der Waals surface area contributed by atoms with Crippen molar-refractivity contribution in [3.05, 3.63) is 0 Å². The molecule has 0 aromatic heterocycles. The summed E-state index contributed by atoms with van der Waals surface area (Å²) in [4.78, 5) is 0. The van der Waals surface area contributed by atoms with Crippen LogP contribution in [0.5, 0.6) is 0 Å². The van der Waals surface area contributed by atoms with Crippen molar-refractivity contribution in [2.24, 2.45) is 0 Å². The molecule has 48 valence electrons. The van der Waals surface area contributed by atoms with E-state index in [9.17, 15) is 4.55 Å². The van der Waals surface area contributed by atoms with Crippen LogP contribution in [0.1, 0.15) is 6.42 Å². The van der Waals surface area contributed by atoms with Gasteiger partial charge in [-0.05, 0) is 6.54 Å². The largest absolute Gasteiger partial charge is 0.616 e. The van der Waals surface area contributed by atoms with E-state index in [4.69, 9.17) is 0 Å². The van der Waals surface area contributed by atoms with Crippen molar-refractivity contribution in [3.63, 3.8) is 0 Å². The minimum absolute atomic E-state index is 0.520. The zero-order valence-corrected chi connectivity index (χ0v) is 5.67. The monoisotopic (exact) mass is 133 g/mol. The smallest absolute Gasteiger partial charge is 0.117 e. The van der Waals surface area contributed by atoms with Gasteiger partial charge >= 0.3 is 0 Å². The van der Waals surface area contributed by atoms with Crippen LogP contribution >= 0.6 is 0 Å². The van der Waals surface area contributed by atoms with Crippen LogP contribution in [0.15, 0.2) is 0 Å². The molecule has 1 fully saturated rings. The Morgan fingerprint density at radius 1 is 1.25 bits per heavy atom. The van der Waals surface area contributed by atoms with Gasteiger partial charge in [0.2, 0.25) is 0 Å². The molecule has 0 aliphatic carbocycles. The maximum absolute atomic E-state index is 10.8. The lowest BCUT2D eigenvalue weighted by Gasteiger charge is -2.04. The first-order chi connectivity index (χ1) is 3.89. The Morgan fingerprint density at radius 3 is 3.00 bits per heavy atom. The molecular formula is C5H11NOS. The summed E-state index contributed by atoms with van der Waals surface area (Å²) in [7, 11) is 0. The molecule has 0 amide bonds. The molecule has 1 heterocycles. The highest BCUT2D eigenvalue weighted by molar-refractivity contribution is 7.91. The molecule has 1 N–H and O–H groups in total. The third-order valence-corrected chi connectivity index (χ3v) is 2.64. The van der Waals surface area contributed by atoms with Crippen LogP contribution in [0.2, 0.25) is 0 Å². The molecule has 0 aromatic rings. The molecule has 1 saturated heterocycles. The van der Waals surface area contributed by atoms with Crippen LogP contribution < -0.4 is 5.32 Å². The van der Waals surface area contributed by atoms with Gasteiger partial charge in [-0.15, -0.1) is 0 Å². The molecule has 0 saturated carbocycles. The second-order valence-electron chi connectivity index (χ2n) is 1.95. The minimum Gasteiger partial charge on any atom is -0.616 e. The molecule has 2 nitrogen and oxygen atoms in total. The van der Waals surface area contributed by atoms with E-state index in [2.05, 4.69) is 5.32 Å². The third-order valence-electron chi connectivity index (χ3n) is 1.23. The van der Waals surface area contributed by atoms with Crippen LogP contribution in [0.3, 0.4) is 0 Å². The second-order valence-corrected chi connectivity index (χ2v) is 3.65. The molecular weight excluding hydrogens is 122 g/mol. The second kappa shape index (κ2) is 3.33. The van der Waals surface area contributed by atoms with E-state index in [1.54, 1.807) is 0 Å². The van der Waals surface area contributed by atoms with Crippen LogP contribution in [0.25, 0.3) is 0 Å². The number of rotatable bonds is 0. The summed E-state index contributed by atoms with van der Waals surface area (Å²) >= 11 is -0.520. The first-order valence-electron chi connectivity index (χ1n) is 2.95. The standard InChI is InChI=1S/C5H11NOS/c7-8-4-1-2-6-3-5-8/h6H,1-5H2. The zero-order valence-electron chi connectivity index (χ0n) is 4.85. The van der Waals surface area contributed by atoms with Gasteiger partial charge in [-0.25, -0.2) is 0 Å². The van der Waals surface area contributed by atoms with Gasteiger partial charge in [0.05, 0.1) is 0 Å². The molecule has 0 aromatic carbocycles. The van der Waals surface area contributed by atoms with Crippen LogP contribution in [-0.2, 0) is 11.2 Å². The summed E-state index contributed by atoms with van der Waals surface area (Å²) in [5.74, 6) is 1.74. The summed E-state index contributed by atoms with van der Waals surface area (Å²) < 4.78 is 10.8. The highest BCUT2D eigenvalue weighted by Crippen LogP contribution is 1.95. The van der Waals surface area contributed by atoms with Gasteiger partial charge in [-0.2, -0.15) is 0 Å². The first-order valence-corrected chi connectivity index (χ1v) is 4.44. The van der Waals surface area contributed by atoms with Gasteiger partial charge in [0.15, 0.2) is 0 Å². The quantitative estimate of drug-likeness (QED) is 0.462. The van der Waals surface area contributed by atoms with Gasteiger partial charge in [0.1, 0.15) is 11.5 Å². The van der Waals surface area contributed by atoms with E-state index in [1.807, 2.05) is 0 Å². The normalized spacial score (nSPS) is 31.9. The number of hydrogen-bond acceptors (Lipinski definition) is 2. The van der Waals surface area contributed by atoms with E-state index < -0.39 is 11.2 Å². The molecule has 1 aliphatic rings. The molecule has 1 atom stereocenters. The highest BCUT2D eigenvalue weighted by atomic mass is 32.2. The lowest BCUT2D eigenvalue weighted by atomic mass is 10.5. The Bertz CT molecular complexity index is 61.4. The molecule has 1 aliphatic heterocycles. The maximum Gasteiger partial charge on any atom is 0.117 e. The number of hydrogen-bond donors (Lipinski definition) is 1. The summed E-state index contributed by atoms with van der Waals surface area (Å²) in [6.07, 6.45) is 1.08. The maximum atomic E-state index is 10.8. The van der Waals surface area contributed by atoms with Gasteiger partial charge in [0, 0.05) is 13.0 Å². The van der Waals surface area contributed by atoms with Crippen molar-refractivity contribution >= 4 is 11.2 Å². The van der Waals surface area contributed by atoms with E-state index in [0.717, 1.165) is 31.0 Å². The first kappa shape index (κ1) is 6.39. The fourth-order valence-corrected chi connectivity index (χ4v) is 1.81.